The number of Topliss-reactive ketones (excluding diaryl/α,β-unsaturated/α-hetero) is 3. The number of hydrogen-bond donors (Lipinski definition) is 2. The number of carbonyl (C=O) groups excluding carboxylic acids is 6. The summed E-state index contributed by atoms with van der Waals surface area (Å²) in [5.41, 5.74) is 0.821. The van der Waals surface area contributed by atoms with Crippen molar-refractivity contribution in [1.82, 2.24) is 10.6 Å². The predicted molar refractivity (Wildman–Crippen MR) is 106 cm³/mol. The summed E-state index contributed by atoms with van der Waals surface area (Å²) in [6, 6.07) is 9.07. The average Bonchev–Trinajstić information content (AvgIpc) is 2.72. The molecular formula is C21H26N2O7. The lowest BCUT2D eigenvalue weighted by Crippen LogP contribution is -2.32. The van der Waals surface area contributed by atoms with Gasteiger partial charge >= 0.3 is 5.97 Å². The van der Waals surface area contributed by atoms with Gasteiger partial charge in [0.25, 0.3) is 0 Å². The molecule has 9 nitrogen and oxygen atoms in total. The molecule has 0 aliphatic carbocycles. The maximum atomic E-state index is 11.8. The summed E-state index contributed by atoms with van der Waals surface area (Å²) in [6.45, 7) is 0.905. The Kier molecular flexibility index (Phi) is 11.3. The van der Waals surface area contributed by atoms with E-state index in [1.54, 1.807) is 12.1 Å². The van der Waals surface area contributed by atoms with E-state index in [0.717, 1.165) is 5.56 Å². The van der Waals surface area contributed by atoms with Gasteiger partial charge in [-0.1, -0.05) is 30.3 Å². The highest BCUT2D eigenvalue weighted by Crippen LogP contribution is 2.01. The lowest BCUT2D eigenvalue weighted by atomic mass is 10.1. The summed E-state index contributed by atoms with van der Waals surface area (Å²) >= 11 is 0. The maximum absolute atomic E-state index is 11.8. The van der Waals surface area contributed by atoms with Gasteiger partial charge in [-0.3, -0.25) is 24.0 Å². The second kappa shape index (κ2) is 13.8. The third-order valence-electron chi connectivity index (χ3n) is 3.90. The summed E-state index contributed by atoms with van der Waals surface area (Å²) < 4.78 is 5.01. The lowest BCUT2D eigenvalue weighted by molar-refractivity contribution is -0.145. The van der Waals surface area contributed by atoms with Crippen molar-refractivity contribution in [3.8, 4) is 0 Å². The minimum absolute atomic E-state index is 0.0392. The molecule has 1 aromatic rings. The second-order valence-electron chi connectivity index (χ2n) is 6.66. The molecule has 0 aliphatic rings. The van der Waals surface area contributed by atoms with E-state index in [0.29, 0.717) is 0 Å². The SMILES string of the molecule is CC(=O)CCC(=O)CNC(=O)CC(=O)CCC(=O)NCC(=O)OCc1ccccc1. The van der Waals surface area contributed by atoms with Gasteiger partial charge in [0.05, 0.1) is 13.0 Å². The molecule has 0 atom stereocenters. The fraction of sp³-hybridized carbons (Fsp3) is 0.429. The van der Waals surface area contributed by atoms with E-state index in [-0.39, 0.29) is 56.9 Å². The van der Waals surface area contributed by atoms with Gasteiger partial charge in [0, 0.05) is 25.7 Å². The Hall–Kier alpha value is -3.36. The lowest BCUT2D eigenvalue weighted by Gasteiger charge is -2.07. The number of ether oxygens (including phenoxy) is 1. The highest BCUT2D eigenvalue weighted by molar-refractivity contribution is 6.00. The number of carbonyl (C=O) groups is 6. The fourth-order valence-electron chi connectivity index (χ4n) is 2.23. The molecule has 0 unspecified atom stereocenters. The number of rotatable bonds is 14. The first-order chi connectivity index (χ1) is 14.3. The third-order valence-corrected chi connectivity index (χ3v) is 3.90. The van der Waals surface area contributed by atoms with Gasteiger partial charge in [-0.25, -0.2) is 0 Å². The molecule has 30 heavy (non-hydrogen) atoms. The molecule has 1 rings (SSSR count). The van der Waals surface area contributed by atoms with Crippen molar-refractivity contribution < 1.29 is 33.5 Å². The Morgan fingerprint density at radius 1 is 0.767 bits per heavy atom. The zero-order valence-corrected chi connectivity index (χ0v) is 16.9. The molecule has 0 aliphatic heterocycles. The van der Waals surface area contributed by atoms with Crippen molar-refractivity contribution in [2.45, 2.75) is 45.6 Å². The number of esters is 1. The van der Waals surface area contributed by atoms with Crippen LogP contribution in [0.15, 0.2) is 30.3 Å². The Labute approximate surface area is 174 Å². The first kappa shape index (κ1) is 24.7. The summed E-state index contributed by atoms with van der Waals surface area (Å²) in [6.07, 6.45) is -0.640. The van der Waals surface area contributed by atoms with Crippen molar-refractivity contribution in [3.63, 3.8) is 0 Å². The number of hydrogen-bond acceptors (Lipinski definition) is 7. The van der Waals surface area contributed by atoms with Crippen molar-refractivity contribution >= 4 is 35.1 Å². The largest absolute Gasteiger partial charge is 0.460 e. The predicted octanol–water partition coefficient (Wildman–Crippen LogP) is 0.640. The van der Waals surface area contributed by atoms with Gasteiger partial charge in [0.1, 0.15) is 24.7 Å². The topological polar surface area (TPSA) is 136 Å². The Bertz CT molecular complexity index is 775. The van der Waals surface area contributed by atoms with Crippen LogP contribution < -0.4 is 10.6 Å². The van der Waals surface area contributed by atoms with E-state index in [2.05, 4.69) is 10.6 Å². The molecule has 2 N–H and O–H groups in total. The van der Waals surface area contributed by atoms with Gasteiger partial charge < -0.3 is 20.2 Å². The van der Waals surface area contributed by atoms with Gasteiger partial charge in [-0.2, -0.15) is 0 Å². The Balaban J connectivity index is 2.14. The van der Waals surface area contributed by atoms with Crippen LogP contribution in [0, 0.1) is 0 Å². The van der Waals surface area contributed by atoms with E-state index >= 15 is 0 Å². The molecule has 0 saturated heterocycles. The fourth-order valence-corrected chi connectivity index (χ4v) is 2.23. The molecule has 0 aromatic heterocycles. The smallest absolute Gasteiger partial charge is 0.325 e. The van der Waals surface area contributed by atoms with Crippen LogP contribution >= 0.6 is 0 Å². The van der Waals surface area contributed by atoms with Crippen LogP contribution in [0.3, 0.4) is 0 Å². The minimum atomic E-state index is -0.624. The zero-order chi connectivity index (χ0) is 22.4. The first-order valence-electron chi connectivity index (χ1n) is 9.52. The molecule has 0 radical (unpaired) electrons. The van der Waals surface area contributed by atoms with Crippen molar-refractivity contribution in [3.05, 3.63) is 35.9 Å². The van der Waals surface area contributed by atoms with E-state index in [1.165, 1.54) is 6.92 Å². The average molecular weight is 418 g/mol. The number of ketones is 3. The molecule has 0 bridgehead atoms. The molecule has 0 fully saturated rings. The highest BCUT2D eigenvalue weighted by Gasteiger charge is 2.14. The van der Waals surface area contributed by atoms with Crippen LogP contribution in [-0.2, 0) is 40.1 Å². The first-order valence-corrected chi connectivity index (χ1v) is 9.52. The molecule has 9 heteroatoms. The zero-order valence-electron chi connectivity index (χ0n) is 16.9. The number of nitrogens with one attached hydrogen (secondary N) is 2. The van der Waals surface area contributed by atoms with E-state index < -0.39 is 30.0 Å². The molecule has 162 valence electrons. The molecule has 2 amide bonds. The van der Waals surface area contributed by atoms with E-state index in [4.69, 9.17) is 4.74 Å². The van der Waals surface area contributed by atoms with Crippen molar-refractivity contribution in [2.75, 3.05) is 13.1 Å². The summed E-state index contributed by atoms with van der Waals surface area (Å²) in [7, 11) is 0. The van der Waals surface area contributed by atoms with Crippen LogP contribution in [-0.4, -0.2) is 48.2 Å². The van der Waals surface area contributed by atoms with Crippen LogP contribution in [0.2, 0.25) is 0 Å². The van der Waals surface area contributed by atoms with Crippen LogP contribution in [0.4, 0.5) is 0 Å². The Morgan fingerprint density at radius 2 is 1.40 bits per heavy atom. The summed E-state index contributed by atoms with van der Waals surface area (Å²) in [5, 5.41) is 4.66. The highest BCUT2D eigenvalue weighted by atomic mass is 16.5. The normalized spacial score (nSPS) is 10.0. The third kappa shape index (κ3) is 12.2. The minimum Gasteiger partial charge on any atom is -0.460 e. The molecule has 1 aromatic carbocycles. The summed E-state index contributed by atoms with van der Waals surface area (Å²) in [4.78, 5) is 69.0. The van der Waals surface area contributed by atoms with Crippen molar-refractivity contribution in [2.24, 2.45) is 0 Å². The monoisotopic (exact) mass is 418 g/mol. The molecular weight excluding hydrogens is 392 g/mol. The summed E-state index contributed by atoms with van der Waals surface area (Å²) in [5.74, 6) is -2.63. The quantitative estimate of drug-likeness (QED) is 0.334. The standard InChI is InChI=1S/C21H26N2O7/c1-15(24)7-8-18(26)12-22-20(28)11-17(25)9-10-19(27)23-13-21(29)30-14-16-5-3-2-4-6-16/h2-6H,7-14H2,1H3,(H,22,28)(H,23,27). The van der Waals surface area contributed by atoms with Gasteiger partial charge in [0.2, 0.25) is 11.8 Å². The number of amides is 2. The van der Waals surface area contributed by atoms with Gasteiger partial charge in [0.15, 0.2) is 5.78 Å². The van der Waals surface area contributed by atoms with Crippen LogP contribution in [0.25, 0.3) is 0 Å². The van der Waals surface area contributed by atoms with Crippen molar-refractivity contribution in [1.29, 1.82) is 0 Å². The Morgan fingerprint density at radius 3 is 2.07 bits per heavy atom. The maximum Gasteiger partial charge on any atom is 0.325 e. The molecule has 0 saturated carbocycles. The van der Waals surface area contributed by atoms with Crippen LogP contribution in [0.1, 0.15) is 44.6 Å². The molecule has 0 spiro atoms. The van der Waals surface area contributed by atoms with Gasteiger partial charge in [-0.05, 0) is 12.5 Å². The van der Waals surface area contributed by atoms with E-state index in [1.807, 2.05) is 18.2 Å². The van der Waals surface area contributed by atoms with E-state index in [9.17, 15) is 28.8 Å². The van der Waals surface area contributed by atoms with Crippen LogP contribution in [0.5, 0.6) is 0 Å². The second-order valence-corrected chi connectivity index (χ2v) is 6.66. The molecule has 0 heterocycles. The number of benzene rings is 1. The van der Waals surface area contributed by atoms with Gasteiger partial charge in [-0.15, -0.1) is 0 Å².